The van der Waals surface area contributed by atoms with E-state index in [1.54, 1.807) is 31.5 Å². The highest BCUT2D eigenvalue weighted by atomic mass is 32.2. The maximum absolute atomic E-state index is 12.4. The fourth-order valence-electron chi connectivity index (χ4n) is 2.47. The van der Waals surface area contributed by atoms with Gasteiger partial charge in [-0.1, -0.05) is 11.8 Å². The number of nitrogens with zero attached hydrogens (tertiary/aromatic N) is 2. The van der Waals surface area contributed by atoms with Crippen LogP contribution in [0, 0.1) is 6.92 Å². The minimum atomic E-state index is -0.465. The summed E-state index contributed by atoms with van der Waals surface area (Å²) in [4.78, 5) is 44.3. The van der Waals surface area contributed by atoms with Crippen LogP contribution in [-0.4, -0.2) is 38.8 Å². The number of aryl methyl sites for hydroxylation is 1. The largest absolute Gasteiger partial charge is 0.462 e. The fraction of sp³-hybridized carbons (Fsp3) is 0.294. The van der Waals surface area contributed by atoms with Gasteiger partial charge in [-0.25, -0.2) is 9.78 Å². The SMILES string of the molecule is CCOC(=O)c1sccc1NC(=O)CSc1nc2cc(C)[nH]c2c(=O)n1C. The van der Waals surface area contributed by atoms with Crippen molar-refractivity contribution in [1.29, 1.82) is 0 Å². The predicted octanol–water partition coefficient (Wildman–Crippen LogP) is 2.54. The summed E-state index contributed by atoms with van der Waals surface area (Å²) in [7, 11) is 1.61. The first-order chi connectivity index (χ1) is 12.9. The van der Waals surface area contributed by atoms with Crippen molar-refractivity contribution in [2.75, 3.05) is 17.7 Å². The van der Waals surface area contributed by atoms with Gasteiger partial charge >= 0.3 is 5.97 Å². The van der Waals surface area contributed by atoms with E-state index in [4.69, 9.17) is 4.74 Å². The molecule has 0 spiro atoms. The molecule has 3 rings (SSSR count). The lowest BCUT2D eigenvalue weighted by molar-refractivity contribution is -0.113. The molecule has 0 saturated carbocycles. The Labute approximate surface area is 162 Å². The molecule has 10 heteroatoms. The average Bonchev–Trinajstić information content (AvgIpc) is 3.23. The Morgan fingerprint density at radius 3 is 2.96 bits per heavy atom. The van der Waals surface area contributed by atoms with Crippen LogP contribution < -0.4 is 10.9 Å². The number of hydrogen-bond donors (Lipinski definition) is 2. The summed E-state index contributed by atoms with van der Waals surface area (Å²) in [6.07, 6.45) is 0. The first-order valence-electron chi connectivity index (χ1n) is 8.14. The minimum absolute atomic E-state index is 0.0489. The molecule has 8 nitrogen and oxygen atoms in total. The van der Waals surface area contributed by atoms with Crippen LogP contribution in [-0.2, 0) is 16.6 Å². The van der Waals surface area contributed by atoms with E-state index < -0.39 is 5.97 Å². The van der Waals surface area contributed by atoms with Crippen molar-refractivity contribution in [2.45, 2.75) is 19.0 Å². The molecule has 142 valence electrons. The highest BCUT2D eigenvalue weighted by Gasteiger charge is 2.17. The number of nitrogens with one attached hydrogen (secondary N) is 2. The standard InChI is InChI=1S/C17H18N4O4S2/c1-4-25-16(24)14-10(5-6-26-14)19-12(22)8-27-17-20-11-7-9(2)18-13(11)15(23)21(17)3/h5-7,18H,4,8H2,1-3H3,(H,19,22). The topological polar surface area (TPSA) is 106 Å². The number of aromatic nitrogens is 3. The van der Waals surface area contributed by atoms with E-state index >= 15 is 0 Å². The number of ether oxygens (including phenoxy) is 1. The maximum Gasteiger partial charge on any atom is 0.350 e. The normalized spacial score (nSPS) is 10.9. The van der Waals surface area contributed by atoms with Crippen LogP contribution in [0.25, 0.3) is 11.0 Å². The number of fused-ring (bicyclic) bond motifs is 1. The Hall–Kier alpha value is -2.59. The Morgan fingerprint density at radius 2 is 2.22 bits per heavy atom. The van der Waals surface area contributed by atoms with E-state index in [-0.39, 0.29) is 23.8 Å². The smallest absolute Gasteiger partial charge is 0.350 e. The van der Waals surface area contributed by atoms with Gasteiger partial charge < -0.3 is 15.0 Å². The predicted molar refractivity (Wildman–Crippen MR) is 106 cm³/mol. The molecule has 0 aliphatic rings. The van der Waals surface area contributed by atoms with Crippen LogP contribution >= 0.6 is 23.1 Å². The third-order valence-electron chi connectivity index (χ3n) is 3.69. The van der Waals surface area contributed by atoms with Crippen molar-refractivity contribution in [3.8, 4) is 0 Å². The molecular formula is C17H18N4O4S2. The number of thiophene rings is 1. The molecule has 0 aliphatic carbocycles. The average molecular weight is 406 g/mol. The molecule has 27 heavy (non-hydrogen) atoms. The van der Waals surface area contributed by atoms with Crippen LogP contribution in [0.2, 0.25) is 0 Å². The van der Waals surface area contributed by atoms with E-state index in [9.17, 15) is 14.4 Å². The molecule has 2 N–H and O–H groups in total. The number of H-pyrrole nitrogens is 1. The van der Waals surface area contributed by atoms with Crippen LogP contribution in [0.5, 0.6) is 0 Å². The Bertz CT molecular complexity index is 1070. The van der Waals surface area contributed by atoms with Gasteiger partial charge in [-0.3, -0.25) is 14.2 Å². The van der Waals surface area contributed by atoms with Crippen LogP contribution in [0.4, 0.5) is 5.69 Å². The summed E-state index contributed by atoms with van der Waals surface area (Å²) in [5, 5.41) is 4.86. The first kappa shape index (κ1) is 19.2. The molecule has 0 aromatic carbocycles. The van der Waals surface area contributed by atoms with E-state index in [1.165, 1.54) is 15.9 Å². The van der Waals surface area contributed by atoms with Gasteiger partial charge in [0.15, 0.2) is 5.16 Å². The van der Waals surface area contributed by atoms with Gasteiger partial charge in [-0.05, 0) is 31.4 Å². The second-order valence-corrected chi connectivity index (χ2v) is 7.55. The second kappa shape index (κ2) is 7.97. The summed E-state index contributed by atoms with van der Waals surface area (Å²) in [5.41, 5.74) is 2.08. The van der Waals surface area contributed by atoms with Gasteiger partial charge in [-0.2, -0.15) is 0 Å². The Balaban J connectivity index is 1.71. The van der Waals surface area contributed by atoms with Crippen LogP contribution in [0.15, 0.2) is 27.5 Å². The number of carbonyl (C=O) groups excluding carboxylic acids is 2. The number of carbonyl (C=O) groups is 2. The first-order valence-corrected chi connectivity index (χ1v) is 10.0. The summed E-state index contributed by atoms with van der Waals surface area (Å²) >= 11 is 2.36. The Morgan fingerprint density at radius 1 is 1.44 bits per heavy atom. The molecule has 0 fully saturated rings. The quantitative estimate of drug-likeness (QED) is 0.370. The van der Waals surface area contributed by atoms with E-state index in [0.29, 0.717) is 26.8 Å². The van der Waals surface area contributed by atoms with Gasteiger partial charge in [-0.15, -0.1) is 11.3 Å². The maximum atomic E-state index is 12.4. The molecule has 3 aromatic heterocycles. The zero-order valence-corrected chi connectivity index (χ0v) is 16.6. The number of rotatable bonds is 6. The van der Waals surface area contributed by atoms with Crippen molar-refractivity contribution in [2.24, 2.45) is 7.05 Å². The number of aromatic amines is 1. The highest BCUT2D eigenvalue weighted by Crippen LogP contribution is 2.24. The third kappa shape index (κ3) is 4.06. The van der Waals surface area contributed by atoms with Crippen molar-refractivity contribution >= 4 is 51.7 Å². The van der Waals surface area contributed by atoms with Crippen LogP contribution in [0.1, 0.15) is 22.3 Å². The molecule has 0 radical (unpaired) electrons. The van der Waals surface area contributed by atoms with Gasteiger partial charge in [0.1, 0.15) is 10.4 Å². The summed E-state index contributed by atoms with van der Waals surface area (Å²) in [5.74, 6) is -0.718. The number of esters is 1. The lowest BCUT2D eigenvalue weighted by Gasteiger charge is -2.08. The van der Waals surface area contributed by atoms with Gasteiger partial charge in [0, 0.05) is 12.7 Å². The van der Waals surface area contributed by atoms with Crippen molar-refractivity contribution in [1.82, 2.24) is 14.5 Å². The Kier molecular flexibility index (Phi) is 5.66. The molecule has 0 bridgehead atoms. The van der Waals surface area contributed by atoms with Gasteiger partial charge in [0.25, 0.3) is 5.56 Å². The van der Waals surface area contributed by atoms with E-state index in [1.807, 2.05) is 6.92 Å². The summed E-state index contributed by atoms with van der Waals surface area (Å²) in [6.45, 7) is 3.84. The molecule has 0 unspecified atom stereocenters. The third-order valence-corrected chi connectivity index (χ3v) is 5.61. The van der Waals surface area contributed by atoms with E-state index in [0.717, 1.165) is 17.5 Å². The van der Waals surface area contributed by atoms with Gasteiger partial charge in [0.2, 0.25) is 5.91 Å². The summed E-state index contributed by atoms with van der Waals surface area (Å²) < 4.78 is 6.38. The lowest BCUT2D eigenvalue weighted by Crippen LogP contribution is -2.21. The van der Waals surface area contributed by atoms with Gasteiger partial charge in [0.05, 0.1) is 23.6 Å². The molecule has 3 aromatic rings. The number of anilines is 1. The van der Waals surface area contributed by atoms with Crippen LogP contribution in [0.3, 0.4) is 0 Å². The zero-order valence-electron chi connectivity index (χ0n) is 15.0. The van der Waals surface area contributed by atoms with Crippen molar-refractivity contribution < 1.29 is 14.3 Å². The zero-order chi connectivity index (χ0) is 19.6. The highest BCUT2D eigenvalue weighted by molar-refractivity contribution is 7.99. The fourth-order valence-corrected chi connectivity index (χ4v) is 3.98. The number of thioether (sulfide) groups is 1. The molecule has 1 amide bonds. The lowest BCUT2D eigenvalue weighted by atomic mass is 10.4. The molecule has 0 atom stereocenters. The number of amides is 1. The van der Waals surface area contributed by atoms with Crippen molar-refractivity contribution in [3.05, 3.63) is 38.4 Å². The molecule has 0 saturated heterocycles. The van der Waals surface area contributed by atoms with E-state index in [2.05, 4.69) is 15.3 Å². The molecule has 3 heterocycles. The summed E-state index contributed by atoms with van der Waals surface area (Å²) in [6, 6.07) is 3.44. The molecular weight excluding hydrogens is 388 g/mol. The molecule has 0 aliphatic heterocycles. The van der Waals surface area contributed by atoms with Crippen molar-refractivity contribution in [3.63, 3.8) is 0 Å². The second-order valence-electron chi connectivity index (χ2n) is 5.69. The minimum Gasteiger partial charge on any atom is -0.462 e. The monoisotopic (exact) mass is 406 g/mol. The number of hydrogen-bond acceptors (Lipinski definition) is 7.